The number of benzene rings is 1. The number of hydrogen-bond donors (Lipinski definition) is 1. The summed E-state index contributed by atoms with van der Waals surface area (Å²) in [5.74, 6) is 0.612. The summed E-state index contributed by atoms with van der Waals surface area (Å²) in [5, 5.41) is 4.28. The average molecular weight is 269 g/mol. The van der Waals surface area contributed by atoms with E-state index in [0.29, 0.717) is 11.5 Å². The Morgan fingerprint density at radius 3 is 2.16 bits per heavy atom. The highest BCUT2D eigenvalue weighted by Crippen LogP contribution is 2.30. The molecule has 6 heteroatoms. The van der Waals surface area contributed by atoms with Crippen LogP contribution < -0.4 is 5.73 Å². The zero-order chi connectivity index (χ0) is 14.2. The Hall–Kier alpha value is -1.98. The molecule has 1 heterocycles. The average Bonchev–Trinajstić information content (AvgIpc) is 2.70. The van der Waals surface area contributed by atoms with E-state index in [1.165, 1.54) is 16.8 Å². The molecule has 2 rings (SSSR count). The van der Waals surface area contributed by atoms with Crippen molar-refractivity contribution < 1.29 is 13.2 Å². The van der Waals surface area contributed by atoms with Crippen molar-refractivity contribution in [2.45, 2.75) is 25.9 Å². The van der Waals surface area contributed by atoms with E-state index < -0.39 is 11.7 Å². The number of rotatable bonds is 2. The van der Waals surface area contributed by atoms with Crippen LogP contribution in [-0.4, -0.2) is 9.78 Å². The lowest BCUT2D eigenvalue weighted by Gasteiger charge is -2.08. The van der Waals surface area contributed by atoms with Gasteiger partial charge in [0.15, 0.2) is 0 Å². The fourth-order valence-corrected chi connectivity index (χ4v) is 1.70. The summed E-state index contributed by atoms with van der Waals surface area (Å²) in [6, 6.07) is 6.48. The maximum atomic E-state index is 12.5. The van der Waals surface area contributed by atoms with Gasteiger partial charge in [-0.2, -0.15) is 18.3 Å². The predicted octanol–water partition coefficient (Wildman–Crippen LogP) is 3.60. The Morgan fingerprint density at radius 1 is 1.16 bits per heavy atom. The quantitative estimate of drug-likeness (QED) is 0.905. The molecule has 0 aliphatic rings. The van der Waals surface area contributed by atoms with Gasteiger partial charge in [-0.15, -0.1) is 0 Å². The molecule has 1 aromatic carbocycles. The molecule has 0 saturated carbocycles. The second-order valence-corrected chi connectivity index (χ2v) is 4.61. The summed E-state index contributed by atoms with van der Waals surface area (Å²) >= 11 is 0. The van der Waals surface area contributed by atoms with Gasteiger partial charge in [-0.1, -0.05) is 13.8 Å². The molecule has 0 amide bonds. The number of nitrogens with zero attached hydrogens (tertiary/aromatic N) is 2. The SMILES string of the molecule is CC(C)c1cc(N)n(-c2ccc(C(F)(F)F)cc2)n1. The summed E-state index contributed by atoms with van der Waals surface area (Å²) in [6.07, 6.45) is -4.34. The summed E-state index contributed by atoms with van der Waals surface area (Å²) in [5.41, 5.74) is 6.44. The van der Waals surface area contributed by atoms with Gasteiger partial charge in [0, 0.05) is 6.07 Å². The van der Waals surface area contributed by atoms with Crippen LogP contribution in [0.2, 0.25) is 0 Å². The number of hydrogen-bond acceptors (Lipinski definition) is 2. The van der Waals surface area contributed by atoms with Crippen LogP contribution >= 0.6 is 0 Å². The van der Waals surface area contributed by atoms with Crippen LogP contribution in [0.1, 0.15) is 31.0 Å². The van der Waals surface area contributed by atoms with E-state index in [9.17, 15) is 13.2 Å². The largest absolute Gasteiger partial charge is 0.416 e. The van der Waals surface area contributed by atoms with E-state index in [2.05, 4.69) is 5.10 Å². The maximum absolute atomic E-state index is 12.5. The third-order valence-electron chi connectivity index (χ3n) is 2.79. The highest BCUT2D eigenvalue weighted by atomic mass is 19.4. The molecule has 102 valence electrons. The number of halogens is 3. The second kappa shape index (κ2) is 4.60. The molecule has 0 radical (unpaired) electrons. The van der Waals surface area contributed by atoms with Crippen LogP contribution in [0.4, 0.5) is 19.0 Å². The molecule has 19 heavy (non-hydrogen) atoms. The van der Waals surface area contributed by atoms with Crippen molar-refractivity contribution in [1.29, 1.82) is 0 Å². The zero-order valence-corrected chi connectivity index (χ0v) is 10.6. The lowest BCUT2D eigenvalue weighted by molar-refractivity contribution is -0.137. The number of nitrogen functional groups attached to an aromatic ring is 1. The van der Waals surface area contributed by atoms with Crippen molar-refractivity contribution in [3.8, 4) is 5.69 Å². The third kappa shape index (κ3) is 2.72. The Labute approximate surface area is 108 Å². The minimum atomic E-state index is -4.34. The fourth-order valence-electron chi connectivity index (χ4n) is 1.70. The first-order valence-corrected chi connectivity index (χ1v) is 5.82. The minimum absolute atomic E-state index is 0.206. The van der Waals surface area contributed by atoms with Crippen LogP contribution in [0.25, 0.3) is 5.69 Å². The number of nitrogens with two attached hydrogens (primary N) is 1. The first kappa shape index (κ1) is 13.5. The van der Waals surface area contributed by atoms with E-state index in [-0.39, 0.29) is 5.92 Å². The van der Waals surface area contributed by atoms with Crippen LogP contribution in [0.5, 0.6) is 0 Å². The van der Waals surface area contributed by atoms with Crippen molar-refractivity contribution >= 4 is 5.82 Å². The summed E-state index contributed by atoms with van der Waals surface area (Å²) in [6.45, 7) is 3.94. The Balaban J connectivity index is 2.37. The molecular weight excluding hydrogens is 255 g/mol. The van der Waals surface area contributed by atoms with Crippen LogP contribution in [-0.2, 0) is 6.18 Å². The molecule has 3 nitrogen and oxygen atoms in total. The Bertz CT molecular complexity index is 568. The van der Waals surface area contributed by atoms with Crippen molar-refractivity contribution in [2.24, 2.45) is 0 Å². The van der Waals surface area contributed by atoms with Crippen molar-refractivity contribution in [1.82, 2.24) is 9.78 Å². The van der Waals surface area contributed by atoms with Gasteiger partial charge in [-0.05, 0) is 30.2 Å². The first-order chi connectivity index (χ1) is 8.79. The molecule has 2 N–H and O–H groups in total. The fraction of sp³-hybridized carbons (Fsp3) is 0.308. The highest BCUT2D eigenvalue weighted by Gasteiger charge is 2.30. The summed E-state index contributed by atoms with van der Waals surface area (Å²) < 4.78 is 38.8. The number of alkyl halides is 3. The monoisotopic (exact) mass is 269 g/mol. The highest BCUT2D eigenvalue weighted by molar-refractivity contribution is 5.44. The van der Waals surface area contributed by atoms with E-state index in [1.807, 2.05) is 13.8 Å². The van der Waals surface area contributed by atoms with Crippen LogP contribution in [0, 0.1) is 0 Å². The van der Waals surface area contributed by atoms with Gasteiger partial charge in [-0.25, -0.2) is 4.68 Å². The molecule has 0 fully saturated rings. The lowest BCUT2D eigenvalue weighted by atomic mass is 10.1. The van der Waals surface area contributed by atoms with E-state index in [4.69, 9.17) is 5.73 Å². The molecule has 1 aromatic heterocycles. The van der Waals surface area contributed by atoms with E-state index in [1.54, 1.807) is 6.07 Å². The standard InChI is InChI=1S/C13H14F3N3/c1-8(2)11-7-12(17)19(18-11)10-5-3-9(4-6-10)13(14,15)16/h3-8H,17H2,1-2H3. The normalized spacial score (nSPS) is 12.1. The lowest BCUT2D eigenvalue weighted by Crippen LogP contribution is -2.06. The van der Waals surface area contributed by atoms with Crippen molar-refractivity contribution in [3.63, 3.8) is 0 Å². The van der Waals surface area contributed by atoms with E-state index >= 15 is 0 Å². The molecular formula is C13H14F3N3. The molecule has 0 unspecified atom stereocenters. The summed E-state index contributed by atoms with van der Waals surface area (Å²) in [7, 11) is 0. The maximum Gasteiger partial charge on any atom is 0.416 e. The van der Waals surface area contributed by atoms with Gasteiger partial charge < -0.3 is 5.73 Å². The molecule has 0 bridgehead atoms. The first-order valence-electron chi connectivity index (χ1n) is 5.82. The molecule has 0 atom stereocenters. The molecule has 0 saturated heterocycles. The Morgan fingerprint density at radius 2 is 1.74 bits per heavy atom. The number of anilines is 1. The second-order valence-electron chi connectivity index (χ2n) is 4.61. The van der Waals surface area contributed by atoms with Gasteiger partial charge in [0.1, 0.15) is 5.82 Å². The summed E-state index contributed by atoms with van der Waals surface area (Å²) in [4.78, 5) is 0. The van der Waals surface area contributed by atoms with Crippen LogP contribution in [0.15, 0.2) is 30.3 Å². The molecule has 0 aliphatic heterocycles. The van der Waals surface area contributed by atoms with Gasteiger partial charge in [-0.3, -0.25) is 0 Å². The minimum Gasteiger partial charge on any atom is -0.384 e. The zero-order valence-electron chi connectivity index (χ0n) is 10.6. The van der Waals surface area contributed by atoms with E-state index in [0.717, 1.165) is 17.8 Å². The smallest absolute Gasteiger partial charge is 0.384 e. The van der Waals surface area contributed by atoms with Gasteiger partial charge in [0.05, 0.1) is 16.9 Å². The van der Waals surface area contributed by atoms with Gasteiger partial charge in [0.25, 0.3) is 0 Å². The molecule has 0 aliphatic carbocycles. The van der Waals surface area contributed by atoms with Gasteiger partial charge >= 0.3 is 6.18 Å². The Kier molecular flexibility index (Phi) is 3.26. The number of aromatic nitrogens is 2. The van der Waals surface area contributed by atoms with Gasteiger partial charge in [0.2, 0.25) is 0 Å². The van der Waals surface area contributed by atoms with Crippen molar-refractivity contribution in [2.75, 3.05) is 5.73 Å². The van der Waals surface area contributed by atoms with Crippen molar-refractivity contribution in [3.05, 3.63) is 41.6 Å². The predicted molar refractivity (Wildman–Crippen MR) is 67.1 cm³/mol. The van der Waals surface area contributed by atoms with Crippen LogP contribution in [0.3, 0.4) is 0 Å². The molecule has 0 spiro atoms. The third-order valence-corrected chi connectivity index (χ3v) is 2.79. The topological polar surface area (TPSA) is 43.8 Å². The molecule has 2 aromatic rings.